The summed E-state index contributed by atoms with van der Waals surface area (Å²) < 4.78 is 30.1. The van der Waals surface area contributed by atoms with Gasteiger partial charge in [-0.05, 0) is 18.1 Å². The van der Waals surface area contributed by atoms with E-state index in [1.807, 2.05) is 6.92 Å². The van der Waals surface area contributed by atoms with E-state index in [0.29, 0.717) is 12.0 Å². The maximum Gasteiger partial charge on any atom is 0.327 e. The Labute approximate surface area is 116 Å². The third kappa shape index (κ3) is 4.63. The van der Waals surface area contributed by atoms with Crippen LogP contribution in [0.25, 0.3) is 0 Å². The zero-order valence-electron chi connectivity index (χ0n) is 10.7. The van der Waals surface area contributed by atoms with Crippen molar-refractivity contribution in [3.63, 3.8) is 0 Å². The van der Waals surface area contributed by atoms with Crippen molar-refractivity contribution < 1.29 is 27.7 Å². The Morgan fingerprint density at radius 1 is 1.30 bits per heavy atom. The molecule has 0 saturated heterocycles. The molecule has 1 rings (SSSR count). The summed E-state index contributed by atoms with van der Waals surface area (Å²) in [6, 6.07) is 4.88. The summed E-state index contributed by atoms with van der Waals surface area (Å²) in [4.78, 5) is 22.9. The Balaban J connectivity index is 2.94. The third-order valence-corrected chi connectivity index (χ3v) is 3.38. The summed E-state index contributed by atoms with van der Waals surface area (Å²) >= 11 is 0. The Morgan fingerprint density at radius 2 is 1.90 bits per heavy atom. The fourth-order valence-corrected chi connectivity index (χ4v) is 2.32. The maximum atomic E-state index is 12.0. The van der Waals surface area contributed by atoms with Gasteiger partial charge in [0.15, 0.2) is 0 Å². The largest absolute Gasteiger partial charge is 0.480 e. The number of rotatable bonds is 6. The van der Waals surface area contributed by atoms with Crippen molar-refractivity contribution in [3.8, 4) is 0 Å². The number of hydrogen-bond donors (Lipinski definition) is 3. The minimum atomic E-state index is -4.51. The first-order chi connectivity index (χ1) is 9.24. The molecule has 0 bridgehead atoms. The topological polar surface area (TPSA) is 121 Å². The first-order valence-corrected chi connectivity index (χ1v) is 7.42. The van der Waals surface area contributed by atoms with Crippen molar-refractivity contribution in [3.05, 3.63) is 35.4 Å². The average molecular weight is 301 g/mol. The van der Waals surface area contributed by atoms with E-state index < -0.39 is 33.8 Å². The second-order valence-electron chi connectivity index (χ2n) is 4.12. The summed E-state index contributed by atoms with van der Waals surface area (Å²) in [6.07, 6.45) is 0.569. The lowest BCUT2D eigenvalue weighted by Crippen LogP contribution is -2.45. The van der Waals surface area contributed by atoms with Gasteiger partial charge in [-0.25, -0.2) is 4.79 Å². The van der Waals surface area contributed by atoms with Crippen LogP contribution in [0.1, 0.15) is 22.8 Å². The molecule has 0 fully saturated rings. The number of carboxylic acids is 1. The molecule has 1 aromatic carbocycles. The number of nitrogens with one attached hydrogen (secondary N) is 1. The number of hydrogen-bond acceptors (Lipinski definition) is 4. The maximum absolute atomic E-state index is 12.0. The van der Waals surface area contributed by atoms with Crippen molar-refractivity contribution >= 4 is 22.0 Å². The van der Waals surface area contributed by atoms with E-state index in [9.17, 15) is 18.0 Å². The molecule has 0 aliphatic carbocycles. The molecule has 1 aromatic rings. The van der Waals surface area contributed by atoms with Crippen molar-refractivity contribution in [1.29, 1.82) is 0 Å². The summed E-state index contributed by atoms with van der Waals surface area (Å²) in [7, 11) is -4.51. The molecule has 1 amide bonds. The minimum Gasteiger partial charge on any atom is -0.480 e. The van der Waals surface area contributed by atoms with Crippen molar-refractivity contribution in [2.24, 2.45) is 0 Å². The van der Waals surface area contributed by atoms with Gasteiger partial charge in [0, 0.05) is 5.56 Å². The fraction of sp³-hybridized carbons (Fsp3) is 0.333. The standard InChI is InChI=1S/C12H15NO6S/c1-2-8-5-3-4-6-9(8)11(14)13-10(12(15)16)7-20(17,18)19/h3-6,10H,2,7H2,1H3,(H,13,14)(H,15,16)(H,17,18,19). The smallest absolute Gasteiger partial charge is 0.327 e. The van der Waals surface area contributed by atoms with Crippen LogP contribution in [-0.2, 0) is 21.3 Å². The molecule has 1 atom stereocenters. The highest BCUT2D eigenvalue weighted by atomic mass is 32.2. The van der Waals surface area contributed by atoms with Crippen LogP contribution < -0.4 is 5.32 Å². The second kappa shape index (κ2) is 6.49. The number of amides is 1. The normalized spacial score (nSPS) is 12.7. The molecular weight excluding hydrogens is 286 g/mol. The SMILES string of the molecule is CCc1ccccc1C(=O)NC(CS(=O)(=O)O)C(=O)O. The molecule has 20 heavy (non-hydrogen) atoms. The molecule has 0 radical (unpaired) electrons. The van der Waals surface area contributed by atoms with Crippen LogP contribution in [0.15, 0.2) is 24.3 Å². The number of carbonyl (C=O) groups is 2. The number of aryl methyl sites for hydroxylation is 1. The van der Waals surface area contributed by atoms with Crippen molar-refractivity contribution in [2.45, 2.75) is 19.4 Å². The number of carbonyl (C=O) groups excluding carboxylic acids is 1. The van der Waals surface area contributed by atoms with Gasteiger partial charge < -0.3 is 10.4 Å². The fourth-order valence-electron chi connectivity index (χ4n) is 1.67. The van der Waals surface area contributed by atoms with Gasteiger partial charge >= 0.3 is 5.97 Å². The lowest BCUT2D eigenvalue weighted by molar-refractivity contribution is -0.138. The van der Waals surface area contributed by atoms with Gasteiger partial charge in [0.1, 0.15) is 11.8 Å². The molecule has 8 heteroatoms. The molecule has 7 nitrogen and oxygen atoms in total. The lowest BCUT2D eigenvalue weighted by atomic mass is 10.0. The van der Waals surface area contributed by atoms with E-state index in [1.165, 1.54) is 6.07 Å². The first-order valence-electron chi connectivity index (χ1n) is 5.81. The molecular formula is C12H15NO6S. The minimum absolute atomic E-state index is 0.275. The van der Waals surface area contributed by atoms with E-state index in [-0.39, 0.29) is 5.56 Å². The Morgan fingerprint density at radius 3 is 2.40 bits per heavy atom. The summed E-state index contributed by atoms with van der Waals surface area (Å²) in [5.74, 6) is -3.31. The highest BCUT2D eigenvalue weighted by Crippen LogP contribution is 2.09. The number of benzene rings is 1. The van der Waals surface area contributed by atoms with Gasteiger partial charge in [0.25, 0.3) is 16.0 Å². The molecule has 3 N–H and O–H groups in total. The van der Waals surface area contributed by atoms with E-state index in [0.717, 1.165) is 0 Å². The second-order valence-corrected chi connectivity index (χ2v) is 5.62. The van der Waals surface area contributed by atoms with Crippen LogP contribution in [-0.4, -0.2) is 41.7 Å². The summed E-state index contributed by atoms with van der Waals surface area (Å²) in [6.45, 7) is 1.83. The van der Waals surface area contributed by atoms with Gasteiger partial charge in [-0.15, -0.1) is 0 Å². The van der Waals surface area contributed by atoms with Crippen molar-refractivity contribution in [2.75, 3.05) is 5.75 Å². The van der Waals surface area contributed by atoms with Gasteiger partial charge in [-0.2, -0.15) is 8.42 Å². The zero-order valence-corrected chi connectivity index (χ0v) is 11.6. The van der Waals surface area contributed by atoms with E-state index in [1.54, 1.807) is 18.2 Å². The van der Waals surface area contributed by atoms with Gasteiger partial charge in [-0.1, -0.05) is 25.1 Å². The van der Waals surface area contributed by atoms with Crippen LogP contribution in [0.5, 0.6) is 0 Å². The highest BCUT2D eigenvalue weighted by Gasteiger charge is 2.26. The molecule has 0 aromatic heterocycles. The van der Waals surface area contributed by atoms with E-state index in [2.05, 4.69) is 5.32 Å². The lowest BCUT2D eigenvalue weighted by Gasteiger charge is -2.14. The van der Waals surface area contributed by atoms with Crippen LogP contribution >= 0.6 is 0 Å². The Kier molecular flexibility index (Phi) is 5.23. The van der Waals surface area contributed by atoms with Crippen LogP contribution in [0, 0.1) is 0 Å². The van der Waals surface area contributed by atoms with Crippen molar-refractivity contribution in [1.82, 2.24) is 5.32 Å². The molecule has 0 aliphatic heterocycles. The van der Waals surface area contributed by atoms with Gasteiger partial charge in [0.2, 0.25) is 0 Å². The van der Waals surface area contributed by atoms with E-state index in [4.69, 9.17) is 9.66 Å². The molecule has 0 heterocycles. The number of carboxylic acid groups (broad SMARTS) is 1. The summed E-state index contributed by atoms with van der Waals surface area (Å²) in [5.41, 5.74) is 0.984. The number of aliphatic carboxylic acids is 1. The predicted molar refractivity (Wildman–Crippen MR) is 71.1 cm³/mol. The average Bonchev–Trinajstić information content (AvgIpc) is 2.36. The first kappa shape index (κ1) is 16.1. The predicted octanol–water partition coefficient (Wildman–Crippen LogP) is 0.320. The highest BCUT2D eigenvalue weighted by molar-refractivity contribution is 7.85. The van der Waals surface area contributed by atoms with Crippen LogP contribution in [0.3, 0.4) is 0 Å². The Bertz CT molecular complexity index is 610. The molecule has 0 spiro atoms. The molecule has 0 saturated carbocycles. The molecule has 110 valence electrons. The molecule has 0 aliphatic rings. The van der Waals surface area contributed by atoms with Crippen LogP contribution in [0.4, 0.5) is 0 Å². The van der Waals surface area contributed by atoms with Gasteiger partial charge in [0.05, 0.1) is 0 Å². The van der Waals surface area contributed by atoms with Crippen LogP contribution in [0.2, 0.25) is 0 Å². The quantitative estimate of drug-likeness (QED) is 0.651. The van der Waals surface area contributed by atoms with E-state index >= 15 is 0 Å². The zero-order chi connectivity index (χ0) is 15.3. The molecule has 1 unspecified atom stereocenters. The van der Waals surface area contributed by atoms with Gasteiger partial charge in [-0.3, -0.25) is 9.35 Å². The monoisotopic (exact) mass is 301 g/mol. The summed E-state index contributed by atoms with van der Waals surface area (Å²) in [5, 5.41) is 11.0. The third-order valence-electron chi connectivity index (χ3n) is 2.62. The Hall–Kier alpha value is -1.93.